The lowest BCUT2D eigenvalue weighted by atomic mass is 10.1. The zero-order valence-electron chi connectivity index (χ0n) is 15.1. The third-order valence-corrected chi connectivity index (χ3v) is 5.51. The van der Waals surface area contributed by atoms with Crippen LogP contribution in [0.3, 0.4) is 0 Å². The van der Waals surface area contributed by atoms with Crippen molar-refractivity contribution in [2.24, 2.45) is 0 Å². The summed E-state index contributed by atoms with van der Waals surface area (Å²) in [5.74, 6) is -1.09. The highest BCUT2D eigenvalue weighted by Gasteiger charge is 2.23. The number of nitrogens with one attached hydrogen (secondary N) is 2. The van der Waals surface area contributed by atoms with Gasteiger partial charge in [0.2, 0.25) is 5.91 Å². The Bertz CT molecular complexity index is 882. The molecular weight excluding hydrogens is 384 g/mol. The fourth-order valence-corrected chi connectivity index (χ4v) is 3.41. The van der Waals surface area contributed by atoms with E-state index in [9.17, 15) is 18.0 Å². The van der Waals surface area contributed by atoms with Crippen LogP contribution < -0.4 is 10.6 Å². The second-order valence-electron chi connectivity index (χ2n) is 6.03. The molecule has 144 valence electrons. The van der Waals surface area contributed by atoms with Crippen molar-refractivity contribution in [3.8, 4) is 0 Å². The van der Waals surface area contributed by atoms with Crippen LogP contribution in [0.1, 0.15) is 16.8 Å². The SMILES string of the molecule is CSc1ccc(NC(=O)[C@@H](CCS(C)(=O)=O)NC(=O)c2ccccc2)cc1. The van der Waals surface area contributed by atoms with Gasteiger partial charge in [0.25, 0.3) is 5.91 Å². The third-order valence-electron chi connectivity index (χ3n) is 3.79. The first-order valence-corrected chi connectivity index (χ1v) is 11.6. The number of sulfone groups is 1. The Morgan fingerprint density at radius 3 is 2.22 bits per heavy atom. The van der Waals surface area contributed by atoms with Gasteiger partial charge in [-0.1, -0.05) is 18.2 Å². The Hall–Kier alpha value is -2.32. The molecule has 0 aliphatic heterocycles. The summed E-state index contributed by atoms with van der Waals surface area (Å²) < 4.78 is 23.0. The summed E-state index contributed by atoms with van der Waals surface area (Å²) in [6.45, 7) is 0. The number of thioether (sulfide) groups is 1. The molecule has 2 rings (SSSR count). The van der Waals surface area contributed by atoms with Crippen LogP contribution in [0, 0.1) is 0 Å². The Kier molecular flexibility index (Phi) is 7.44. The molecule has 0 saturated heterocycles. The van der Waals surface area contributed by atoms with Crippen molar-refractivity contribution in [3.63, 3.8) is 0 Å². The van der Waals surface area contributed by atoms with Crippen LogP contribution in [0.25, 0.3) is 0 Å². The number of carbonyl (C=O) groups excluding carboxylic acids is 2. The van der Waals surface area contributed by atoms with Gasteiger partial charge in [0, 0.05) is 22.4 Å². The molecule has 2 N–H and O–H groups in total. The lowest BCUT2D eigenvalue weighted by Gasteiger charge is -2.18. The van der Waals surface area contributed by atoms with Gasteiger partial charge in [-0.3, -0.25) is 9.59 Å². The van der Waals surface area contributed by atoms with E-state index in [1.807, 2.05) is 18.4 Å². The van der Waals surface area contributed by atoms with E-state index in [4.69, 9.17) is 0 Å². The van der Waals surface area contributed by atoms with Crippen LogP contribution in [0.2, 0.25) is 0 Å². The van der Waals surface area contributed by atoms with E-state index in [0.29, 0.717) is 11.3 Å². The molecule has 0 radical (unpaired) electrons. The Morgan fingerprint density at radius 2 is 1.67 bits per heavy atom. The minimum absolute atomic E-state index is 0.00780. The fourth-order valence-electron chi connectivity index (χ4n) is 2.34. The number of amides is 2. The van der Waals surface area contributed by atoms with Crippen molar-refractivity contribution in [2.75, 3.05) is 23.6 Å². The fraction of sp³-hybridized carbons (Fsp3) is 0.263. The summed E-state index contributed by atoms with van der Waals surface area (Å²) in [6.07, 6.45) is 3.04. The van der Waals surface area contributed by atoms with Crippen LogP contribution >= 0.6 is 11.8 Å². The molecular formula is C19H22N2O4S2. The smallest absolute Gasteiger partial charge is 0.251 e. The highest BCUT2D eigenvalue weighted by Crippen LogP contribution is 2.17. The molecule has 6 nitrogen and oxygen atoms in total. The average molecular weight is 407 g/mol. The van der Waals surface area contributed by atoms with Gasteiger partial charge in [-0.15, -0.1) is 11.8 Å². The maximum atomic E-state index is 12.6. The molecule has 0 heterocycles. The molecule has 1 atom stereocenters. The van der Waals surface area contributed by atoms with Crippen LogP contribution in [-0.2, 0) is 14.6 Å². The van der Waals surface area contributed by atoms with E-state index < -0.39 is 27.7 Å². The molecule has 0 fully saturated rings. The lowest BCUT2D eigenvalue weighted by molar-refractivity contribution is -0.118. The predicted octanol–water partition coefficient (Wildman–Crippen LogP) is 2.58. The Morgan fingerprint density at radius 1 is 1.04 bits per heavy atom. The Labute approximate surface area is 163 Å². The number of anilines is 1. The van der Waals surface area contributed by atoms with Crippen molar-refractivity contribution >= 4 is 39.1 Å². The second-order valence-corrected chi connectivity index (χ2v) is 9.17. The third kappa shape index (κ3) is 7.07. The van der Waals surface area contributed by atoms with E-state index in [1.54, 1.807) is 54.2 Å². The summed E-state index contributed by atoms with van der Waals surface area (Å²) in [7, 11) is -3.27. The number of benzene rings is 2. The standard InChI is InChI=1S/C19H22N2O4S2/c1-26-16-10-8-15(9-11-16)20-19(23)17(12-13-27(2,24)25)21-18(22)14-6-4-3-5-7-14/h3-11,17H,12-13H2,1-2H3,(H,20,23)(H,21,22)/t17-/m1/s1. The average Bonchev–Trinajstić information content (AvgIpc) is 2.65. The zero-order valence-corrected chi connectivity index (χ0v) is 16.8. The topological polar surface area (TPSA) is 92.3 Å². The lowest BCUT2D eigenvalue weighted by Crippen LogP contribution is -2.44. The molecule has 2 aromatic carbocycles. The number of carbonyl (C=O) groups is 2. The van der Waals surface area contributed by atoms with Crippen molar-refractivity contribution in [3.05, 3.63) is 60.2 Å². The highest BCUT2D eigenvalue weighted by atomic mass is 32.2. The molecule has 0 aliphatic rings. The van der Waals surface area contributed by atoms with E-state index in [2.05, 4.69) is 10.6 Å². The summed E-state index contributed by atoms with van der Waals surface area (Å²) in [5, 5.41) is 5.36. The van der Waals surface area contributed by atoms with Gasteiger partial charge in [-0.25, -0.2) is 8.42 Å². The first-order chi connectivity index (χ1) is 12.8. The van der Waals surface area contributed by atoms with E-state index in [1.165, 1.54) is 0 Å². The summed E-state index contributed by atoms with van der Waals surface area (Å²) in [5.41, 5.74) is 0.982. The van der Waals surface area contributed by atoms with Crippen molar-refractivity contribution in [1.82, 2.24) is 5.32 Å². The maximum Gasteiger partial charge on any atom is 0.251 e. The van der Waals surface area contributed by atoms with Crippen LogP contribution in [0.5, 0.6) is 0 Å². The van der Waals surface area contributed by atoms with Crippen molar-refractivity contribution in [1.29, 1.82) is 0 Å². The summed E-state index contributed by atoms with van der Waals surface area (Å²) >= 11 is 1.58. The zero-order chi connectivity index (χ0) is 19.9. The van der Waals surface area contributed by atoms with Gasteiger partial charge in [0.15, 0.2) is 0 Å². The maximum absolute atomic E-state index is 12.6. The van der Waals surface area contributed by atoms with Gasteiger partial charge >= 0.3 is 0 Å². The van der Waals surface area contributed by atoms with Crippen LogP contribution in [0.4, 0.5) is 5.69 Å². The number of hydrogen-bond donors (Lipinski definition) is 2. The van der Waals surface area contributed by atoms with Gasteiger partial charge in [-0.05, 0) is 49.1 Å². The van der Waals surface area contributed by atoms with Crippen LogP contribution in [0.15, 0.2) is 59.5 Å². The quantitative estimate of drug-likeness (QED) is 0.658. The predicted molar refractivity (Wildman–Crippen MR) is 109 cm³/mol. The summed E-state index contributed by atoms with van der Waals surface area (Å²) in [4.78, 5) is 26.1. The highest BCUT2D eigenvalue weighted by molar-refractivity contribution is 7.98. The minimum Gasteiger partial charge on any atom is -0.340 e. The molecule has 0 aliphatic carbocycles. The van der Waals surface area contributed by atoms with E-state index in [0.717, 1.165) is 11.2 Å². The normalized spacial score (nSPS) is 12.2. The van der Waals surface area contributed by atoms with Gasteiger partial charge in [0.1, 0.15) is 15.9 Å². The molecule has 2 amide bonds. The monoisotopic (exact) mass is 406 g/mol. The van der Waals surface area contributed by atoms with E-state index in [-0.39, 0.29) is 12.2 Å². The summed E-state index contributed by atoms with van der Waals surface area (Å²) in [6, 6.07) is 14.8. The van der Waals surface area contributed by atoms with Crippen molar-refractivity contribution in [2.45, 2.75) is 17.4 Å². The molecule has 0 aromatic heterocycles. The van der Waals surface area contributed by atoms with Crippen molar-refractivity contribution < 1.29 is 18.0 Å². The molecule has 2 aromatic rings. The largest absolute Gasteiger partial charge is 0.340 e. The van der Waals surface area contributed by atoms with Gasteiger partial charge < -0.3 is 10.6 Å². The first-order valence-electron chi connectivity index (χ1n) is 8.27. The Balaban J connectivity index is 2.12. The molecule has 27 heavy (non-hydrogen) atoms. The van der Waals surface area contributed by atoms with Gasteiger partial charge in [0.05, 0.1) is 5.75 Å². The number of rotatable bonds is 8. The second kappa shape index (κ2) is 9.57. The molecule has 0 unspecified atom stereocenters. The van der Waals surface area contributed by atoms with E-state index >= 15 is 0 Å². The minimum atomic E-state index is -3.27. The number of hydrogen-bond acceptors (Lipinski definition) is 5. The molecule has 0 saturated carbocycles. The first kappa shape index (κ1) is 21.0. The molecule has 8 heteroatoms. The van der Waals surface area contributed by atoms with Gasteiger partial charge in [-0.2, -0.15) is 0 Å². The molecule has 0 spiro atoms. The van der Waals surface area contributed by atoms with Crippen LogP contribution in [-0.4, -0.2) is 44.5 Å². The molecule has 0 bridgehead atoms.